The van der Waals surface area contributed by atoms with Gasteiger partial charge in [-0.15, -0.1) is 0 Å². The third-order valence-corrected chi connectivity index (χ3v) is 3.23. The summed E-state index contributed by atoms with van der Waals surface area (Å²) < 4.78 is 10.5. The van der Waals surface area contributed by atoms with Crippen molar-refractivity contribution in [2.45, 2.75) is 6.54 Å². The van der Waals surface area contributed by atoms with Crippen molar-refractivity contribution in [2.24, 2.45) is 0 Å². The number of rotatable bonds is 3. The van der Waals surface area contributed by atoms with Gasteiger partial charge in [-0.25, -0.2) is 4.79 Å². The molecule has 0 fully saturated rings. The first kappa shape index (κ1) is 13.3. The minimum absolute atomic E-state index is 0.169. The second-order valence-corrected chi connectivity index (χ2v) is 4.84. The van der Waals surface area contributed by atoms with Crippen molar-refractivity contribution in [3.8, 4) is 11.5 Å². The number of ether oxygens (including phenoxy) is 2. The summed E-state index contributed by atoms with van der Waals surface area (Å²) in [5, 5.41) is 2.84. The van der Waals surface area contributed by atoms with Crippen LogP contribution in [0, 0.1) is 0 Å². The first-order chi connectivity index (χ1) is 10.2. The van der Waals surface area contributed by atoms with Gasteiger partial charge in [0.1, 0.15) is 0 Å². The molecule has 0 spiro atoms. The molecule has 1 aliphatic rings. The zero-order valence-corrected chi connectivity index (χ0v) is 11.7. The van der Waals surface area contributed by atoms with Crippen molar-refractivity contribution >= 4 is 11.7 Å². The van der Waals surface area contributed by atoms with Crippen LogP contribution >= 0.6 is 0 Å². The summed E-state index contributed by atoms with van der Waals surface area (Å²) in [5.41, 5.74) is 1.77. The number of benzene rings is 2. The molecule has 5 nitrogen and oxygen atoms in total. The molecule has 0 atom stereocenters. The second-order valence-electron chi connectivity index (χ2n) is 4.84. The van der Waals surface area contributed by atoms with Crippen LogP contribution in [0.3, 0.4) is 0 Å². The predicted octanol–water partition coefficient (Wildman–Crippen LogP) is 3.08. The van der Waals surface area contributed by atoms with Gasteiger partial charge in [-0.1, -0.05) is 30.3 Å². The van der Waals surface area contributed by atoms with Gasteiger partial charge in [-0.3, -0.25) is 0 Å². The van der Waals surface area contributed by atoms with Gasteiger partial charge < -0.3 is 19.7 Å². The molecule has 0 radical (unpaired) electrons. The lowest BCUT2D eigenvalue weighted by molar-refractivity contribution is 0.174. The standard InChI is InChI=1S/C16H16N2O3/c1-18(10-12-5-3-2-4-6-12)16(19)17-13-7-8-14-15(9-13)21-11-20-14/h2-9H,10-11H2,1H3,(H,17,19). The Labute approximate surface area is 123 Å². The molecule has 1 N–H and O–H groups in total. The average Bonchev–Trinajstić information content (AvgIpc) is 2.95. The van der Waals surface area contributed by atoms with Crippen molar-refractivity contribution in [2.75, 3.05) is 19.2 Å². The molecule has 3 rings (SSSR count). The third-order valence-electron chi connectivity index (χ3n) is 3.23. The molecule has 108 valence electrons. The van der Waals surface area contributed by atoms with E-state index in [2.05, 4.69) is 5.32 Å². The Morgan fingerprint density at radius 3 is 2.71 bits per heavy atom. The fourth-order valence-corrected chi connectivity index (χ4v) is 2.12. The zero-order valence-electron chi connectivity index (χ0n) is 11.7. The summed E-state index contributed by atoms with van der Waals surface area (Å²) in [4.78, 5) is 13.8. The Hall–Kier alpha value is -2.69. The molecule has 2 aromatic rings. The predicted molar refractivity (Wildman–Crippen MR) is 79.5 cm³/mol. The summed E-state index contributed by atoms with van der Waals surface area (Å²) in [6.45, 7) is 0.776. The van der Waals surface area contributed by atoms with Crippen LogP contribution in [0.2, 0.25) is 0 Å². The van der Waals surface area contributed by atoms with E-state index in [1.807, 2.05) is 30.3 Å². The van der Waals surface area contributed by atoms with E-state index in [-0.39, 0.29) is 12.8 Å². The van der Waals surface area contributed by atoms with Crippen molar-refractivity contribution in [3.63, 3.8) is 0 Å². The van der Waals surface area contributed by atoms with E-state index < -0.39 is 0 Å². The van der Waals surface area contributed by atoms with E-state index in [0.717, 1.165) is 5.56 Å². The molecule has 1 aliphatic heterocycles. The highest BCUT2D eigenvalue weighted by Crippen LogP contribution is 2.34. The lowest BCUT2D eigenvalue weighted by Gasteiger charge is -2.18. The number of fused-ring (bicyclic) bond motifs is 1. The molecular formula is C16H16N2O3. The van der Waals surface area contributed by atoms with Crippen molar-refractivity contribution in [1.29, 1.82) is 0 Å². The molecule has 0 aromatic heterocycles. The van der Waals surface area contributed by atoms with Crippen LogP contribution in [0.5, 0.6) is 11.5 Å². The molecule has 21 heavy (non-hydrogen) atoms. The molecular weight excluding hydrogens is 268 g/mol. The maximum absolute atomic E-state index is 12.2. The van der Waals surface area contributed by atoms with Gasteiger partial charge >= 0.3 is 6.03 Å². The Bertz CT molecular complexity index is 643. The topological polar surface area (TPSA) is 50.8 Å². The molecule has 0 saturated carbocycles. The minimum atomic E-state index is -0.169. The van der Waals surface area contributed by atoms with Crippen LogP contribution in [0.15, 0.2) is 48.5 Å². The quantitative estimate of drug-likeness (QED) is 0.942. The number of hydrogen-bond donors (Lipinski definition) is 1. The van der Waals surface area contributed by atoms with Crippen LogP contribution in [-0.4, -0.2) is 24.8 Å². The highest BCUT2D eigenvalue weighted by atomic mass is 16.7. The van der Waals surface area contributed by atoms with E-state index >= 15 is 0 Å². The molecule has 0 bridgehead atoms. The minimum Gasteiger partial charge on any atom is -0.454 e. The van der Waals surface area contributed by atoms with Crippen LogP contribution in [0.4, 0.5) is 10.5 Å². The van der Waals surface area contributed by atoms with Gasteiger partial charge in [0.25, 0.3) is 0 Å². The van der Waals surface area contributed by atoms with Gasteiger partial charge in [0.05, 0.1) is 0 Å². The number of carbonyl (C=O) groups excluding carboxylic acids is 1. The first-order valence-electron chi connectivity index (χ1n) is 6.68. The summed E-state index contributed by atoms with van der Waals surface area (Å²) in [6.07, 6.45) is 0. The number of amides is 2. The van der Waals surface area contributed by atoms with Crippen molar-refractivity contribution in [3.05, 3.63) is 54.1 Å². The highest BCUT2D eigenvalue weighted by molar-refractivity contribution is 5.89. The number of hydrogen-bond acceptors (Lipinski definition) is 3. The Kier molecular flexibility index (Phi) is 3.64. The Morgan fingerprint density at radius 2 is 1.90 bits per heavy atom. The molecule has 0 unspecified atom stereocenters. The van der Waals surface area contributed by atoms with Crippen LogP contribution in [0.25, 0.3) is 0 Å². The van der Waals surface area contributed by atoms with Crippen molar-refractivity contribution in [1.82, 2.24) is 4.90 Å². The molecule has 1 heterocycles. The van der Waals surface area contributed by atoms with E-state index in [0.29, 0.717) is 23.7 Å². The third kappa shape index (κ3) is 3.08. The average molecular weight is 284 g/mol. The second kappa shape index (κ2) is 5.75. The van der Waals surface area contributed by atoms with Gasteiger partial charge in [-0.2, -0.15) is 0 Å². The normalized spacial score (nSPS) is 12.0. The molecule has 0 saturated heterocycles. The number of carbonyl (C=O) groups is 1. The highest BCUT2D eigenvalue weighted by Gasteiger charge is 2.15. The monoisotopic (exact) mass is 284 g/mol. The number of nitrogens with one attached hydrogen (secondary N) is 1. The van der Waals surface area contributed by atoms with Crippen LogP contribution in [-0.2, 0) is 6.54 Å². The van der Waals surface area contributed by atoms with Crippen LogP contribution < -0.4 is 14.8 Å². The fraction of sp³-hybridized carbons (Fsp3) is 0.188. The molecule has 2 aromatic carbocycles. The summed E-state index contributed by atoms with van der Waals surface area (Å²) >= 11 is 0. The van der Waals surface area contributed by atoms with Crippen LogP contribution in [0.1, 0.15) is 5.56 Å². The Balaban J connectivity index is 1.63. The zero-order chi connectivity index (χ0) is 14.7. The largest absolute Gasteiger partial charge is 0.454 e. The summed E-state index contributed by atoms with van der Waals surface area (Å²) in [6, 6.07) is 15.0. The molecule has 2 amide bonds. The number of nitrogens with zero attached hydrogens (tertiary/aromatic N) is 1. The van der Waals surface area contributed by atoms with Crippen molar-refractivity contribution < 1.29 is 14.3 Å². The Morgan fingerprint density at radius 1 is 1.14 bits per heavy atom. The summed E-state index contributed by atoms with van der Waals surface area (Å²) in [7, 11) is 1.76. The van der Waals surface area contributed by atoms with E-state index in [1.165, 1.54) is 0 Å². The van der Waals surface area contributed by atoms with Gasteiger partial charge in [0, 0.05) is 25.3 Å². The van der Waals surface area contributed by atoms with E-state index in [9.17, 15) is 4.79 Å². The number of urea groups is 1. The van der Waals surface area contributed by atoms with Gasteiger partial charge in [-0.05, 0) is 17.7 Å². The number of anilines is 1. The van der Waals surface area contributed by atoms with Gasteiger partial charge in [0.2, 0.25) is 6.79 Å². The first-order valence-corrected chi connectivity index (χ1v) is 6.68. The van der Waals surface area contributed by atoms with E-state index in [1.54, 1.807) is 30.1 Å². The fourth-order valence-electron chi connectivity index (χ4n) is 2.12. The molecule has 0 aliphatic carbocycles. The van der Waals surface area contributed by atoms with E-state index in [4.69, 9.17) is 9.47 Å². The lowest BCUT2D eigenvalue weighted by Crippen LogP contribution is -2.30. The van der Waals surface area contributed by atoms with Gasteiger partial charge in [0.15, 0.2) is 11.5 Å². The smallest absolute Gasteiger partial charge is 0.321 e. The SMILES string of the molecule is CN(Cc1ccccc1)C(=O)Nc1ccc2c(c1)OCO2. The maximum Gasteiger partial charge on any atom is 0.321 e. The molecule has 5 heteroatoms. The summed E-state index contributed by atoms with van der Waals surface area (Å²) in [5.74, 6) is 1.35. The maximum atomic E-state index is 12.2. The lowest BCUT2D eigenvalue weighted by atomic mass is 10.2.